The van der Waals surface area contributed by atoms with Gasteiger partial charge in [-0.1, -0.05) is 24.3 Å². The molecule has 0 bridgehead atoms. The number of fused-ring (bicyclic) bond motifs is 2. The van der Waals surface area contributed by atoms with E-state index in [0.29, 0.717) is 16.5 Å². The number of benzene rings is 2. The Balaban J connectivity index is 1.72. The van der Waals surface area contributed by atoms with Crippen molar-refractivity contribution in [2.45, 2.75) is 76.1 Å². The Labute approximate surface area is 311 Å². The van der Waals surface area contributed by atoms with Gasteiger partial charge < -0.3 is 15.2 Å². The molecule has 2 saturated heterocycles. The third-order valence-corrected chi connectivity index (χ3v) is 15.0. The van der Waals surface area contributed by atoms with E-state index < -0.39 is 60.0 Å². The standard InChI is InChI=1S/C32H47N3O15P2S/c1-8-42-23-19-22(34-18-17-24(51(40,47-43-9-2)48-44-10-3)52(41,49-45-11-4)50-46-12-5)20-15-13-14-16-21(20)25(23)27(36)26-28(37)35-29(26)53-31(6,7)32(35,33)30(38)39/h13-16,19,24,26,29,34H,8-12,17-18,33H2,1-7H3,(H,38,39). The van der Waals surface area contributed by atoms with Crippen molar-refractivity contribution in [2.75, 3.05) is 44.9 Å². The monoisotopic (exact) mass is 807 g/mol. The highest BCUT2D eigenvalue weighted by Gasteiger charge is 2.72. The van der Waals surface area contributed by atoms with E-state index in [4.69, 9.17) is 48.7 Å². The van der Waals surface area contributed by atoms with Crippen molar-refractivity contribution >= 4 is 61.1 Å². The van der Waals surface area contributed by atoms with Gasteiger partial charge in [-0.3, -0.25) is 29.4 Å². The number of ether oxygens (including phenoxy) is 1. The van der Waals surface area contributed by atoms with Crippen molar-refractivity contribution in [3.05, 3.63) is 35.9 Å². The number of anilines is 1. The molecule has 4 N–H and O–H groups in total. The molecule has 0 radical (unpaired) electrons. The molecule has 4 rings (SSSR count). The minimum Gasteiger partial charge on any atom is -0.493 e. The number of amides is 1. The smallest absolute Gasteiger partial charge is 0.399 e. The lowest BCUT2D eigenvalue weighted by Gasteiger charge is -2.47. The summed E-state index contributed by atoms with van der Waals surface area (Å²) in [4.78, 5) is 61.1. The molecule has 1 amide bonds. The number of carbonyl (C=O) groups excluding carboxylic acids is 2. The maximum atomic E-state index is 14.3. The Bertz CT molecular complexity index is 1690. The van der Waals surface area contributed by atoms with Gasteiger partial charge >= 0.3 is 21.2 Å². The summed E-state index contributed by atoms with van der Waals surface area (Å²) in [5.41, 5.74) is 4.87. The molecular weight excluding hydrogens is 760 g/mol. The fourth-order valence-corrected chi connectivity index (χ4v) is 11.9. The second kappa shape index (κ2) is 17.9. The van der Waals surface area contributed by atoms with Crippen LogP contribution in [0.5, 0.6) is 5.75 Å². The SMILES string of the molecule is CCOOP(=O)(OOCC)C(CCNc1cc(OCC)c(C(=O)C2C(=O)N3C2SC(C)(C)C3(N)C(=O)O)c2ccccc12)P(=O)(OOCC)OOCC. The fourth-order valence-electron chi connectivity index (χ4n) is 5.97. The Morgan fingerprint density at radius 2 is 1.42 bits per heavy atom. The zero-order chi connectivity index (χ0) is 39.2. The summed E-state index contributed by atoms with van der Waals surface area (Å²) in [5.74, 6) is -3.67. The first-order chi connectivity index (χ1) is 25.1. The summed E-state index contributed by atoms with van der Waals surface area (Å²) < 4.78 is 53.7. The van der Waals surface area contributed by atoms with Crippen LogP contribution in [0.3, 0.4) is 0 Å². The molecule has 0 aliphatic carbocycles. The number of Topliss-reactive ketones (excluding diaryl/α,β-unsaturated/α-hetero) is 1. The third-order valence-electron chi connectivity index (χ3n) is 8.47. The van der Waals surface area contributed by atoms with Gasteiger partial charge in [0.05, 0.1) is 48.7 Å². The molecule has 2 fully saturated rings. The zero-order valence-electron chi connectivity index (χ0n) is 30.6. The van der Waals surface area contributed by atoms with E-state index in [9.17, 15) is 28.6 Å². The van der Waals surface area contributed by atoms with Crippen LogP contribution in [0.2, 0.25) is 0 Å². The van der Waals surface area contributed by atoms with Crippen LogP contribution in [0, 0.1) is 5.92 Å². The molecule has 18 nitrogen and oxygen atoms in total. The van der Waals surface area contributed by atoms with Crippen LogP contribution in [0.15, 0.2) is 30.3 Å². The first-order valence-corrected chi connectivity index (χ1v) is 21.2. The number of carboxylic acid groups (broad SMARTS) is 1. The van der Waals surface area contributed by atoms with Crippen molar-refractivity contribution in [1.82, 2.24) is 4.90 Å². The van der Waals surface area contributed by atoms with E-state index in [1.807, 2.05) is 0 Å². The highest BCUT2D eigenvalue weighted by molar-refractivity contribution is 8.01. The lowest BCUT2D eigenvalue weighted by molar-refractivity contribution is -0.272. The average Bonchev–Trinajstić information content (AvgIpc) is 3.31. The molecular formula is C32H47N3O15P2S. The lowest BCUT2D eigenvalue weighted by atomic mass is 9.82. The fraction of sp³-hybridized carbons (Fsp3) is 0.594. The number of rotatable bonds is 23. The minimum absolute atomic E-state index is 0.0566. The average molecular weight is 808 g/mol. The molecule has 3 atom stereocenters. The number of hydrogen-bond donors (Lipinski definition) is 3. The summed E-state index contributed by atoms with van der Waals surface area (Å²) >= 11 is 1.16. The van der Waals surface area contributed by atoms with Gasteiger partial charge in [0.15, 0.2) is 11.2 Å². The van der Waals surface area contributed by atoms with Gasteiger partial charge in [-0.15, -0.1) is 30.5 Å². The van der Waals surface area contributed by atoms with E-state index in [2.05, 4.69) is 5.32 Å². The van der Waals surface area contributed by atoms with Gasteiger partial charge in [-0.25, -0.2) is 24.3 Å². The quantitative estimate of drug-likeness (QED) is 0.0298. The second-order valence-corrected chi connectivity index (χ2v) is 18.3. The van der Waals surface area contributed by atoms with Gasteiger partial charge in [0.1, 0.15) is 11.7 Å². The summed E-state index contributed by atoms with van der Waals surface area (Å²) in [6, 6.07) is 8.46. The molecule has 21 heteroatoms. The van der Waals surface area contributed by atoms with Crippen LogP contribution >= 0.6 is 27.0 Å². The number of carbonyl (C=O) groups is 3. The van der Waals surface area contributed by atoms with Crippen LogP contribution in [0.4, 0.5) is 5.69 Å². The molecule has 2 aromatic carbocycles. The first-order valence-electron chi connectivity index (χ1n) is 17.1. The highest BCUT2D eigenvalue weighted by Crippen LogP contribution is 2.72. The molecule has 2 aromatic rings. The summed E-state index contributed by atoms with van der Waals surface area (Å²) in [6.45, 7) is 11.1. The molecule has 2 aliphatic heterocycles. The van der Waals surface area contributed by atoms with Crippen molar-refractivity contribution < 1.29 is 71.6 Å². The van der Waals surface area contributed by atoms with E-state index in [-0.39, 0.29) is 57.3 Å². The van der Waals surface area contributed by atoms with Crippen molar-refractivity contribution in [3.63, 3.8) is 0 Å². The van der Waals surface area contributed by atoms with E-state index in [1.54, 1.807) is 78.8 Å². The van der Waals surface area contributed by atoms with Crippen molar-refractivity contribution in [1.29, 1.82) is 0 Å². The summed E-state index contributed by atoms with van der Waals surface area (Å²) in [7, 11) is -9.27. The number of aliphatic carboxylic acids is 1. The molecule has 3 unspecified atom stereocenters. The number of hydrogen-bond acceptors (Lipinski definition) is 17. The predicted octanol–water partition coefficient (Wildman–Crippen LogP) is 5.86. The van der Waals surface area contributed by atoms with Gasteiger partial charge in [0.2, 0.25) is 11.6 Å². The summed E-state index contributed by atoms with van der Waals surface area (Å²) in [6.07, 6.45) is -0.292. The van der Waals surface area contributed by atoms with E-state index in [1.165, 1.54) is 0 Å². The molecule has 53 heavy (non-hydrogen) atoms. The number of nitrogens with one attached hydrogen (secondary N) is 1. The normalized spacial score (nSPS) is 21.2. The second-order valence-electron chi connectivity index (χ2n) is 12.1. The maximum Gasteiger partial charge on any atom is 0.399 e. The minimum atomic E-state index is -4.63. The van der Waals surface area contributed by atoms with Gasteiger partial charge in [0, 0.05) is 23.7 Å². The molecule has 0 spiro atoms. The van der Waals surface area contributed by atoms with E-state index in [0.717, 1.165) is 16.7 Å². The zero-order valence-corrected chi connectivity index (χ0v) is 33.2. The number of ketones is 1. The molecule has 296 valence electrons. The Hall–Kier alpha value is -2.64. The van der Waals surface area contributed by atoms with Crippen LogP contribution < -0.4 is 15.8 Å². The third kappa shape index (κ3) is 8.32. The topological polar surface area (TPSA) is 230 Å². The van der Waals surface area contributed by atoms with Crippen LogP contribution in [0.25, 0.3) is 10.8 Å². The van der Waals surface area contributed by atoms with Crippen LogP contribution in [-0.2, 0) is 57.0 Å². The number of β-lactam (4-membered cyclic amide) rings is 1. The Kier molecular flexibility index (Phi) is 14.5. The van der Waals surface area contributed by atoms with Gasteiger partial charge in [-0.05, 0) is 60.3 Å². The van der Waals surface area contributed by atoms with Crippen molar-refractivity contribution in [2.24, 2.45) is 11.7 Å². The van der Waals surface area contributed by atoms with Gasteiger partial charge in [-0.2, -0.15) is 0 Å². The number of carboxylic acids is 1. The number of thioether (sulfide) groups is 1. The predicted molar refractivity (Wildman–Crippen MR) is 193 cm³/mol. The maximum absolute atomic E-state index is 14.3. The Morgan fingerprint density at radius 3 is 1.89 bits per heavy atom. The van der Waals surface area contributed by atoms with Crippen LogP contribution in [-0.4, -0.2) is 88.4 Å². The molecule has 0 aromatic heterocycles. The number of nitrogens with two attached hydrogens (primary N) is 1. The Morgan fingerprint density at radius 1 is 0.906 bits per heavy atom. The molecule has 0 saturated carbocycles. The molecule has 2 heterocycles. The molecule has 2 aliphatic rings. The van der Waals surface area contributed by atoms with Crippen LogP contribution in [0.1, 0.15) is 65.2 Å². The van der Waals surface area contributed by atoms with Gasteiger partial charge in [0.25, 0.3) is 0 Å². The van der Waals surface area contributed by atoms with Crippen molar-refractivity contribution in [3.8, 4) is 5.75 Å². The highest BCUT2D eigenvalue weighted by atomic mass is 32.2. The lowest BCUT2D eigenvalue weighted by Crippen LogP contribution is -2.75. The summed E-state index contributed by atoms with van der Waals surface area (Å²) in [5, 5.41) is 11.6. The van der Waals surface area contributed by atoms with E-state index >= 15 is 0 Å². The number of nitrogens with zero attached hydrogens (tertiary/aromatic N) is 1. The largest absolute Gasteiger partial charge is 0.493 e. The first kappa shape index (κ1) is 43.1.